The van der Waals surface area contributed by atoms with Gasteiger partial charge in [0.25, 0.3) is 0 Å². The molecule has 0 amide bonds. The highest BCUT2D eigenvalue weighted by atomic mass is 16.5. The summed E-state index contributed by atoms with van der Waals surface area (Å²) in [6.45, 7) is 3.90. The average molecular weight is 213 g/mol. The number of hydrogen-bond donors (Lipinski definition) is 0. The molecule has 2 rings (SSSR count). The van der Waals surface area contributed by atoms with Gasteiger partial charge in [0.05, 0.1) is 7.11 Å². The third kappa shape index (κ3) is 2.34. The topological polar surface area (TPSA) is 18.5 Å². The molecule has 0 heterocycles. The lowest BCUT2D eigenvalue weighted by molar-refractivity contribution is 0.409. The van der Waals surface area contributed by atoms with Crippen molar-refractivity contribution < 1.29 is 9.47 Å². The first-order valence-electron chi connectivity index (χ1n) is 5.02. The molecular weight excluding hydrogens is 200 g/mol. The molecule has 0 saturated carbocycles. The molecule has 0 saturated heterocycles. The highest BCUT2D eigenvalue weighted by Crippen LogP contribution is 2.27. The lowest BCUT2D eigenvalue weighted by Gasteiger charge is -2.09. The summed E-state index contributed by atoms with van der Waals surface area (Å²) in [6.07, 6.45) is 0. The van der Waals surface area contributed by atoms with Gasteiger partial charge in [-0.25, -0.2) is 0 Å². The Kier molecular flexibility index (Phi) is 3.10. The highest BCUT2D eigenvalue weighted by molar-refractivity contribution is 5.41. The van der Waals surface area contributed by atoms with Crippen LogP contribution in [0.1, 0.15) is 5.56 Å². The maximum absolute atomic E-state index is 5.71. The van der Waals surface area contributed by atoms with E-state index in [1.807, 2.05) is 48.5 Å². The predicted octanol–water partition coefficient (Wildman–Crippen LogP) is 3.67. The van der Waals surface area contributed by atoms with Crippen molar-refractivity contribution in [3.63, 3.8) is 0 Å². The van der Waals surface area contributed by atoms with E-state index in [9.17, 15) is 0 Å². The molecule has 0 aliphatic rings. The van der Waals surface area contributed by atoms with Crippen LogP contribution < -0.4 is 9.47 Å². The number of ether oxygens (including phenoxy) is 2. The maximum Gasteiger partial charge on any atom is 0.131 e. The second kappa shape index (κ2) is 4.71. The van der Waals surface area contributed by atoms with Gasteiger partial charge < -0.3 is 9.47 Å². The van der Waals surface area contributed by atoms with E-state index in [-0.39, 0.29) is 0 Å². The number of para-hydroxylation sites is 1. The molecule has 0 bridgehead atoms. The highest BCUT2D eigenvalue weighted by Gasteiger charge is 2.01. The third-order valence-corrected chi connectivity index (χ3v) is 2.24. The second-order valence-electron chi connectivity index (χ2n) is 3.39. The van der Waals surface area contributed by atoms with Gasteiger partial charge in [-0.1, -0.05) is 24.3 Å². The molecule has 0 aliphatic carbocycles. The lowest BCUT2D eigenvalue weighted by Crippen LogP contribution is -1.88. The van der Waals surface area contributed by atoms with Crippen LogP contribution in [0.25, 0.3) is 0 Å². The second-order valence-corrected chi connectivity index (χ2v) is 3.39. The zero-order valence-corrected chi connectivity index (χ0v) is 9.14. The molecule has 0 aromatic heterocycles. The van der Waals surface area contributed by atoms with Crippen LogP contribution in [0, 0.1) is 6.92 Å². The van der Waals surface area contributed by atoms with E-state index >= 15 is 0 Å². The van der Waals surface area contributed by atoms with Crippen LogP contribution >= 0.6 is 0 Å². The predicted molar refractivity (Wildman–Crippen MR) is 64.0 cm³/mol. The summed E-state index contributed by atoms with van der Waals surface area (Å²) in [5.41, 5.74) is 0.866. The Balaban J connectivity index is 2.24. The van der Waals surface area contributed by atoms with E-state index in [0.29, 0.717) is 0 Å². The van der Waals surface area contributed by atoms with E-state index in [0.717, 1.165) is 22.8 Å². The minimum atomic E-state index is 0.746. The first kappa shape index (κ1) is 10.6. The Hall–Kier alpha value is -1.96. The molecule has 1 radical (unpaired) electrons. The molecule has 2 heteroatoms. The van der Waals surface area contributed by atoms with Crippen molar-refractivity contribution in [3.8, 4) is 17.2 Å². The third-order valence-electron chi connectivity index (χ3n) is 2.24. The molecule has 81 valence electrons. The van der Waals surface area contributed by atoms with E-state index < -0.39 is 0 Å². The molecule has 2 aromatic carbocycles. The number of hydrogen-bond acceptors (Lipinski definition) is 2. The van der Waals surface area contributed by atoms with E-state index in [1.165, 1.54) is 0 Å². The van der Waals surface area contributed by atoms with Crippen LogP contribution in [-0.4, -0.2) is 7.11 Å². The van der Waals surface area contributed by atoms with Crippen molar-refractivity contribution in [2.24, 2.45) is 0 Å². The van der Waals surface area contributed by atoms with Gasteiger partial charge in [0.15, 0.2) is 0 Å². The summed E-state index contributed by atoms with van der Waals surface area (Å²) in [6, 6.07) is 15.1. The minimum Gasteiger partial charge on any atom is -0.497 e. The number of methoxy groups -OCH3 is 1. The zero-order chi connectivity index (χ0) is 11.4. The minimum absolute atomic E-state index is 0.746. The largest absolute Gasteiger partial charge is 0.497 e. The Morgan fingerprint density at radius 1 is 0.938 bits per heavy atom. The molecule has 0 fully saturated rings. The molecule has 0 N–H and O–H groups in total. The van der Waals surface area contributed by atoms with Crippen molar-refractivity contribution in [2.45, 2.75) is 0 Å². The first-order chi connectivity index (χ1) is 7.79. The molecule has 2 nitrogen and oxygen atoms in total. The fourth-order valence-corrected chi connectivity index (χ4v) is 1.40. The van der Waals surface area contributed by atoms with Gasteiger partial charge >= 0.3 is 0 Å². The maximum atomic E-state index is 5.71. The molecule has 16 heavy (non-hydrogen) atoms. The van der Waals surface area contributed by atoms with Gasteiger partial charge in [-0.15, -0.1) is 0 Å². The smallest absolute Gasteiger partial charge is 0.131 e. The standard InChI is InChI=1S/C14H13O2/c1-11-6-3-4-9-14(11)16-13-8-5-7-12(10-13)15-2/h3-10H,1H2,2H3. The van der Waals surface area contributed by atoms with E-state index in [4.69, 9.17) is 9.47 Å². The van der Waals surface area contributed by atoms with Crippen LogP contribution in [0.15, 0.2) is 48.5 Å². The van der Waals surface area contributed by atoms with Crippen molar-refractivity contribution in [3.05, 3.63) is 61.0 Å². The quantitative estimate of drug-likeness (QED) is 0.774. The molecule has 2 aromatic rings. The van der Waals surface area contributed by atoms with Gasteiger partial charge in [0.1, 0.15) is 17.2 Å². The summed E-state index contributed by atoms with van der Waals surface area (Å²) in [5, 5.41) is 0. The molecule has 0 atom stereocenters. The van der Waals surface area contributed by atoms with Crippen LogP contribution in [-0.2, 0) is 0 Å². The van der Waals surface area contributed by atoms with E-state index in [2.05, 4.69) is 6.92 Å². The van der Waals surface area contributed by atoms with Crippen LogP contribution in [0.2, 0.25) is 0 Å². The molecule has 0 unspecified atom stereocenters. The molecular formula is C14H13O2. The van der Waals surface area contributed by atoms with Gasteiger partial charge in [0, 0.05) is 6.07 Å². The summed E-state index contributed by atoms with van der Waals surface area (Å²) in [5.74, 6) is 2.28. The SMILES string of the molecule is [CH2]c1ccccc1Oc1cccc(OC)c1. The zero-order valence-electron chi connectivity index (χ0n) is 9.14. The van der Waals surface area contributed by atoms with Crippen molar-refractivity contribution >= 4 is 0 Å². The Morgan fingerprint density at radius 2 is 1.69 bits per heavy atom. The molecule has 0 aliphatic heterocycles. The van der Waals surface area contributed by atoms with E-state index in [1.54, 1.807) is 7.11 Å². The van der Waals surface area contributed by atoms with Gasteiger partial charge in [-0.2, -0.15) is 0 Å². The molecule has 0 spiro atoms. The fraction of sp³-hybridized carbons (Fsp3) is 0.0714. The Labute approximate surface area is 95.4 Å². The van der Waals surface area contributed by atoms with Gasteiger partial charge in [0.2, 0.25) is 0 Å². The lowest BCUT2D eigenvalue weighted by atomic mass is 10.2. The monoisotopic (exact) mass is 213 g/mol. The van der Waals surface area contributed by atoms with Crippen molar-refractivity contribution in [2.75, 3.05) is 7.11 Å². The van der Waals surface area contributed by atoms with Crippen LogP contribution in [0.5, 0.6) is 17.2 Å². The first-order valence-corrected chi connectivity index (χ1v) is 5.02. The summed E-state index contributed by atoms with van der Waals surface area (Å²) in [7, 11) is 1.63. The number of benzene rings is 2. The number of rotatable bonds is 3. The summed E-state index contributed by atoms with van der Waals surface area (Å²) < 4.78 is 10.8. The summed E-state index contributed by atoms with van der Waals surface area (Å²) >= 11 is 0. The van der Waals surface area contributed by atoms with Crippen molar-refractivity contribution in [1.29, 1.82) is 0 Å². The fourth-order valence-electron chi connectivity index (χ4n) is 1.40. The van der Waals surface area contributed by atoms with Crippen LogP contribution in [0.4, 0.5) is 0 Å². The summed E-state index contributed by atoms with van der Waals surface area (Å²) in [4.78, 5) is 0. The Bertz CT molecular complexity index is 478. The van der Waals surface area contributed by atoms with Gasteiger partial charge in [-0.05, 0) is 30.7 Å². The average Bonchev–Trinajstić information content (AvgIpc) is 2.32. The van der Waals surface area contributed by atoms with Crippen LogP contribution in [0.3, 0.4) is 0 Å². The van der Waals surface area contributed by atoms with Crippen molar-refractivity contribution in [1.82, 2.24) is 0 Å². The van der Waals surface area contributed by atoms with Gasteiger partial charge in [-0.3, -0.25) is 0 Å². The Morgan fingerprint density at radius 3 is 2.44 bits per heavy atom. The normalized spacial score (nSPS) is 9.88.